The third kappa shape index (κ3) is 12.0. The van der Waals surface area contributed by atoms with Crippen LogP contribution < -0.4 is 0 Å². The van der Waals surface area contributed by atoms with Crippen LogP contribution in [0.5, 0.6) is 0 Å². The summed E-state index contributed by atoms with van der Waals surface area (Å²) in [4.78, 5) is 20.7. The second-order valence-corrected chi connectivity index (χ2v) is 2.52. The van der Waals surface area contributed by atoms with Crippen molar-refractivity contribution in [3.05, 3.63) is 0 Å². The molecule has 0 amide bonds. The molecule has 0 rings (SSSR count). The van der Waals surface area contributed by atoms with Gasteiger partial charge in [-0.2, -0.15) is 0 Å². The molecule has 0 aromatic carbocycles. The number of ether oxygens (including phenoxy) is 1. The summed E-state index contributed by atoms with van der Waals surface area (Å²) in [5, 5.41) is 8.21. The van der Waals surface area contributed by atoms with E-state index in [1.165, 1.54) is 0 Å². The first-order valence-corrected chi connectivity index (χ1v) is 3.98. The van der Waals surface area contributed by atoms with E-state index < -0.39 is 12.4 Å². The SMILES string of the molecule is CCCCOCC(=O)CC(=O)O.[Zr]. The van der Waals surface area contributed by atoms with E-state index in [0.717, 1.165) is 12.8 Å². The van der Waals surface area contributed by atoms with Crippen LogP contribution in [0, 0.1) is 0 Å². The molecule has 0 spiro atoms. The van der Waals surface area contributed by atoms with Crippen LogP contribution in [-0.4, -0.2) is 30.1 Å². The number of carbonyl (C=O) groups is 2. The predicted octanol–water partition coefficient (Wildman–Crippen LogP) is 0.844. The monoisotopic (exact) mass is 264 g/mol. The quantitative estimate of drug-likeness (QED) is 0.547. The van der Waals surface area contributed by atoms with Crippen molar-refractivity contribution >= 4 is 11.8 Å². The van der Waals surface area contributed by atoms with Gasteiger partial charge in [-0.25, -0.2) is 0 Å². The molecule has 0 aliphatic carbocycles. The summed E-state index contributed by atoms with van der Waals surface area (Å²) in [6.45, 7) is 2.47. The minimum Gasteiger partial charge on any atom is -0.481 e. The van der Waals surface area contributed by atoms with Crippen molar-refractivity contribution in [3.63, 3.8) is 0 Å². The first-order valence-electron chi connectivity index (χ1n) is 3.98. The van der Waals surface area contributed by atoms with E-state index in [0.29, 0.717) is 6.61 Å². The molecule has 0 fully saturated rings. The van der Waals surface area contributed by atoms with Gasteiger partial charge in [0.25, 0.3) is 0 Å². The van der Waals surface area contributed by atoms with Gasteiger partial charge < -0.3 is 9.84 Å². The van der Waals surface area contributed by atoms with Crippen LogP contribution >= 0.6 is 0 Å². The van der Waals surface area contributed by atoms with Gasteiger partial charge in [-0.1, -0.05) is 13.3 Å². The Morgan fingerprint density at radius 1 is 1.38 bits per heavy atom. The van der Waals surface area contributed by atoms with Gasteiger partial charge in [0.15, 0.2) is 5.78 Å². The Labute approximate surface area is 96.8 Å². The number of carboxylic acid groups (broad SMARTS) is 1. The number of carbonyl (C=O) groups excluding carboxylic acids is 1. The van der Waals surface area contributed by atoms with Crippen molar-refractivity contribution in [1.82, 2.24) is 0 Å². The Morgan fingerprint density at radius 2 is 2.00 bits per heavy atom. The number of unbranched alkanes of at least 4 members (excludes halogenated alkanes) is 1. The average Bonchev–Trinajstić information content (AvgIpc) is 1.97. The standard InChI is InChI=1S/C8H14O4.Zr/c1-2-3-4-12-6-7(9)5-8(10)11;/h2-6H2,1H3,(H,10,11);. The fraction of sp³-hybridized carbons (Fsp3) is 0.750. The van der Waals surface area contributed by atoms with Gasteiger partial charge in [-0.3, -0.25) is 9.59 Å². The fourth-order valence-corrected chi connectivity index (χ4v) is 0.652. The van der Waals surface area contributed by atoms with Crippen LogP contribution in [0.4, 0.5) is 0 Å². The molecule has 0 unspecified atom stereocenters. The molecule has 0 radical (unpaired) electrons. The molecule has 4 nitrogen and oxygen atoms in total. The molecule has 0 aliphatic heterocycles. The molecule has 0 saturated heterocycles. The number of carboxylic acids is 1. The number of Topliss-reactive ketones (excluding diaryl/α,β-unsaturated/α-hetero) is 1. The zero-order chi connectivity index (χ0) is 9.40. The predicted molar refractivity (Wildman–Crippen MR) is 43.0 cm³/mol. The molecule has 0 bridgehead atoms. The van der Waals surface area contributed by atoms with Gasteiger partial charge in [0.05, 0.1) is 0 Å². The Kier molecular flexibility index (Phi) is 12.0. The van der Waals surface area contributed by atoms with Crippen LogP contribution in [-0.2, 0) is 40.5 Å². The Hall–Kier alpha value is -0.0169. The zero-order valence-corrected chi connectivity index (χ0v) is 10.2. The number of ketones is 1. The minimum atomic E-state index is -1.10. The third-order valence-corrected chi connectivity index (χ3v) is 1.25. The molecule has 13 heavy (non-hydrogen) atoms. The summed E-state index contributed by atoms with van der Waals surface area (Å²) in [6, 6.07) is 0. The molecule has 0 saturated carbocycles. The van der Waals surface area contributed by atoms with Crippen molar-refractivity contribution in [2.45, 2.75) is 26.2 Å². The molecule has 0 aromatic heterocycles. The Bertz CT molecular complexity index is 158. The van der Waals surface area contributed by atoms with E-state index in [9.17, 15) is 9.59 Å². The Morgan fingerprint density at radius 3 is 2.46 bits per heavy atom. The van der Waals surface area contributed by atoms with E-state index in [2.05, 4.69) is 0 Å². The molecule has 1 N–H and O–H groups in total. The molecular formula is C8H14O4Zr. The summed E-state index contributed by atoms with van der Waals surface area (Å²) in [7, 11) is 0. The van der Waals surface area contributed by atoms with Gasteiger partial charge in [0.2, 0.25) is 0 Å². The number of aliphatic carboxylic acids is 1. The number of hydrogen-bond donors (Lipinski definition) is 1. The number of hydrogen-bond acceptors (Lipinski definition) is 3. The maximum atomic E-state index is 10.7. The van der Waals surface area contributed by atoms with Crippen LogP contribution in [0.15, 0.2) is 0 Å². The van der Waals surface area contributed by atoms with Crippen molar-refractivity contribution in [3.8, 4) is 0 Å². The summed E-state index contributed by atoms with van der Waals surface area (Å²) in [5.41, 5.74) is 0. The van der Waals surface area contributed by atoms with Crippen molar-refractivity contribution in [2.24, 2.45) is 0 Å². The summed E-state index contributed by atoms with van der Waals surface area (Å²) >= 11 is 0. The van der Waals surface area contributed by atoms with E-state index in [1.807, 2.05) is 6.92 Å². The van der Waals surface area contributed by atoms with Gasteiger partial charge in [-0.15, -0.1) is 0 Å². The minimum absolute atomic E-state index is 0. The fourth-order valence-electron chi connectivity index (χ4n) is 0.652. The van der Waals surface area contributed by atoms with Crippen molar-refractivity contribution in [2.75, 3.05) is 13.2 Å². The zero-order valence-electron chi connectivity index (χ0n) is 7.71. The normalized spacial score (nSPS) is 9.00. The molecule has 0 heterocycles. The van der Waals surface area contributed by atoms with Crippen molar-refractivity contribution in [1.29, 1.82) is 0 Å². The maximum Gasteiger partial charge on any atom is 0.310 e. The molecule has 5 heteroatoms. The van der Waals surface area contributed by atoms with E-state index in [4.69, 9.17) is 9.84 Å². The van der Waals surface area contributed by atoms with Crippen LogP contribution in [0.2, 0.25) is 0 Å². The molecule has 0 aromatic rings. The summed E-state index contributed by atoms with van der Waals surface area (Å²) in [6.07, 6.45) is 1.47. The second-order valence-electron chi connectivity index (χ2n) is 2.52. The van der Waals surface area contributed by atoms with Crippen LogP contribution in [0.1, 0.15) is 26.2 Å². The van der Waals surface area contributed by atoms with Crippen molar-refractivity contribution < 1.29 is 45.6 Å². The summed E-state index contributed by atoms with van der Waals surface area (Å²) < 4.78 is 4.92. The van der Waals surface area contributed by atoms with Gasteiger partial charge in [-0.05, 0) is 6.42 Å². The topological polar surface area (TPSA) is 63.6 Å². The number of rotatable bonds is 7. The van der Waals surface area contributed by atoms with Crippen LogP contribution in [0.25, 0.3) is 0 Å². The molecule has 0 aliphatic rings. The first kappa shape index (κ1) is 15.5. The van der Waals surface area contributed by atoms with Crippen LogP contribution in [0.3, 0.4) is 0 Å². The molecule has 0 atom stereocenters. The van der Waals surface area contributed by atoms with E-state index >= 15 is 0 Å². The third-order valence-electron chi connectivity index (χ3n) is 1.25. The summed E-state index contributed by atoms with van der Waals surface area (Å²) in [5.74, 6) is -1.47. The van der Waals surface area contributed by atoms with Gasteiger partial charge in [0, 0.05) is 32.8 Å². The molecule has 74 valence electrons. The largest absolute Gasteiger partial charge is 0.481 e. The van der Waals surface area contributed by atoms with Gasteiger partial charge in [0.1, 0.15) is 13.0 Å². The van der Waals surface area contributed by atoms with E-state index in [1.54, 1.807) is 0 Å². The Balaban J connectivity index is 0. The van der Waals surface area contributed by atoms with Gasteiger partial charge >= 0.3 is 5.97 Å². The molecular weight excluding hydrogens is 251 g/mol. The second kappa shape index (κ2) is 10.1. The maximum absolute atomic E-state index is 10.7. The smallest absolute Gasteiger partial charge is 0.310 e. The van der Waals surface area contributed by atoms with E-state index in [-0.39, 0.29) is 38.6 Å². The first-order chi connectivity index (χ1) is 5.66. The average molecular weight is 265 g/mol.